The third-order valence-corrected chi connectivity index (χ3v) is 12.4. The maximum absolute atomic E-state index is 14.4. The molecule has 0 spiro atoms. The summed E-state index contributed by atoms with van der Waals surface area (Å²) in [5.41, 5.74) is 18.0. The Morgan fingerprint density at radius 1 is 0.429 bits per heavy atom. The number of carboxylic acids is 1. The van der Waals surface area contributed by atoms with Crippen molar-refractivity contribution in [3.63, 3.8) is 0 Å². The molecule has 2 aromatic rings. The quantitative estimate of drug-likeness (QED) is 0.0336. The monoisotopic (exact) mass is 1080 g/mol. The van der Waals surface area contributed by atoms with E-state index < -0.39 is 138 Å². The Kier molecular flexibility index (Phi) is 29.7. The topological polar surface area (TPSA) is 397 Å². The van der Waals surface area contributed by atoms with Crippen molar-refractivity contribution < 1.29 is 58.2 Å². The number of carboxylic acid groups (broad SMARTS) is 1. The molecule has 0 aromatic heterocycles. The molecule has 0 radical (unpaired) electrons. The van der Waals surface area contributed by atoms with Crippen LogP contribution in [0.1, 0.15) is 98.1 Å². The van der Waals surface area contributed by atoms with Gasteiger partial charge in [0.15, 0.2) is 0 Å². The van der Waals surface area contributed by atoms with E-state index in [1.807, 2.05) is 0 Å². The highest BCUT2D eigenvalue weighted by Crippen LogP contribution is 2.12. The maximum atomic E-state index is 14.4. The lowest BCUT2D eigenvalue weighted by atomic mass is 9.99. The summed E-state index contributed by atoms with van der Waals surface area (Å²) >= 11 is 0. The molecule has 0 unspecified atom stereocenters. The zero-order chi connectivity index (χ0) is 57.8. The van der Waals surface area contributed by atoms with Crippen LogP contribution in [0.2, 0.25) is 0 Å². The van der Waals surface area contributed by atoms with Gasteiger partial charge >= 0.3 is 5.97 Å². The molecule has 9 amide bonds. The molecule has 0 aliphatic heterocycles. The third kappa shape index (κ3) is 23.8. The predicted molar refractivity (Wildman–Crippen MR) is 287 cm³/mol. The van der Waals surface area contributed by atoms with E-state index in [0.29, 0.717) is 49.9 Å². The summed E-state index contributed by atoms with van der Waals surface area (Å²) in [7, 11) is 0. The molecule has 0 fully saturated rings. The normalized spacial score (nSPS) is 14.7. The van der Waals surface area contributed by atoms with E-state index in [2.05, 4.69) is 47.9 Å². The van der Waals surface area contributed by atoms with Crippen LogP contribution in [0.4, 0.5) is 0 Å². The van der Waals surface area contributed by atoms with E-state index in [4.69, 9.17) is 17.2 Å². The highest BCUT2D eigenvalue weighted by atomic mass is 16.4. The molecular formula is C53H84N12O12. The number of benzene rings is 2. The van der Waals surface area contributed by atoms with Crippen LogP contribution in [-0.4, -0.2) is 150 Å². The average molecular weight is 1080 g/mol. The molecule has 0 bridgehead atoms. The van der Waals surface area contributed by atoms with Gasteiger partial charge in [-0.2, -0.15) is 0 Å². The fourth-order valence-corrected chi connectivity index (χ4v) is 7.95. The molecule has 77 heavy (non-hydrogen) atoms. The van der Waals surface area contributed by atoms with Crippen molar-refractivity contribution in [2.45, 2.75) is 154 Å². The van der Waals surface area contributed by atoms with Gasteiger partial charge in [0.1, 0.15) is 48.3 Å². The van der Waals surface area contributed by atoms with Gasteiger partial charge in [-0.25, -0.2) is 4.79 Å². The van der Waals surface area contributed by atoms with E-state index >= 15 is 0 Å². The molecule has 0 aliphatic carbocycles. The number of rotatable bonds is 35. The molecular weight excluding hydrogens is 997 g/mol. The number of aliphatic carboxylic acids is 1. The Hall–Kier alpha value is -7.02. The second-order valence-electron chi connectivity index (χ2n) is 20.0. The molecule has 0 saturated carbocycles. The number of carbonyl (C=O) groups excluding carboxylic acids is 9. The lowest BCUT2D eigenvalue weighted by molar-refractivity contribution is -0.144. The first-order chi connectivity index (χ1) is 36.4. The zero-order valence-corrected chi connectivity index (χ0v) is 45.4. The number of hydrogen-bond acceptors (Lipinski definition) is 14. The Morgan fingerprint density at radius 2 is 0.792 bits per heavy atom. The maximum Gasteiger partial charge on any atom is 0.326 e. The van der Waals surface area contributed by atoms with Crippen LogP contribution in [-0.2, 0) is 60.8 Å². The molecule has 9 atom stereocenters. The molecule has 24 heteroatoms. The van der Waals surface area contributed by atoms with Crippen LogP contribution in [0.5, 0.6) is 0 Å². The Bertz CT molecular complexity index is 2230. The van der Waals surface area contributed by atoms with Gasteiger partial charge in [-0.05, 0) is 87.4 Å². The van der Waals surface area contributed by atoms with Crippen LogP contribution >= 0.6 is 0 Å². The van der Waals surface area contributed by atoms with Gasteiger partial charge in [0, 0.05) is 12.8 Å². The number of aliphatic hydroxyl groups excluding tert-OH is 1. The first-order valence-corrected chi connectivity index (χ1v) is 26.2. The first kappa shape index (κ1) is 66.1. The van der Waals surface area contributed by atoms with Gasteiger partial charge in [0.2, 0.25) is 53.2 Å². The number of unbranched alkanes of at least 4 members (excludes halogenated alkanes) is 2. The van der Waals surface area contributed by atoms with Crippen molar-refractivity contribution in [1.82, 2.24) is 47.9 Å². The van der Waals surface area contributed by atoms with Crippen molar-refractivity contribution >= 4 is 59.1 Å². The summed E-state index contributed by atoms with van der Waals surface area (Å²) in [6.45, 7) is 10.7. The van der Waals surface area contributed by atoms with Gasteiger partial charge in [0.25, 0.3) is 0 Å². The fourth-order valence-electron chi connectivity index (χ4n) is 7.95. The number of amides is 9. The van der Waals surface area contributed by atoms with Crippen molar-refractivity contribution in [2.75, 3.05) is 26.2 Å². The van der Waals surface area contributed by atoms with Crippen molar-refractivity contribution in [3.05, 3.63) is 71.8 Å². The molecule has 0 saturated heterocycles. The minimum Gasteiger partial charge on any atom is -0.480 e. The summed E-state index contributed by atoms with van der Waals surface area (Å²) in [4.78, 5) is 135. The molecule has 428 valence electrons. The second-order valence-corrected chi connectivity index (χ2v) is 20.0. The summed E-state index contributed by atoms with van der Waals surface area (Å²) in [6, 6.07) is 6.81. The number of hydrogen-bond donors (Lipinski definition) is 14. The van der Waals surface area contributed by atoms with E-state index in [0.717, 1.165) is 0 Å². The van der Waals surface area contributed by atoms with Crippen LogP contribution in [0.3, 0.4) is 0 Å². The van der Waals surface area contributed by atoms with Crippen LogP contribution in [0, 0.1) is 17.8 Å². The minimum atomic E-state index is -1.67. The van der Waals surface area contributed by atoms with Gasteiger partial charge in [0.05, 0.1) is 19.2 Å². The van der Waals surface area contributed by atoms with Gasteiger partial charge in [-0.15, -0.1) is 0 Å². The SMILES string of the molecule is CC(C)[C@H](NC(=O)[C@@H](NC(=O)[C@H](CCCCN)NC(=O)CNC(=O)[C@H](Cc1ccccc1)NC(=O)[C@H](Cc1ccccc1)NC(=O)[C@@H](NC(=O)[C@@H](NC(=O)[C@H](CCCCN)NC(=O)CN)C(C)C)[C@@H](C)O)C(C)C)C(=O)O. The first-order valence-electron chi connectivity index (χ1n) is 26.2. The zero-order valence-electron chi connectivity index (χ0n) is 45.4. The number of nitrogens with two attached hydrogens (primary N) is 3. The Balaban J connectivity index is 2.39. The van der Waals surface area contributed by atoms with Gasteiger partial charge < -0.3 is 75.3 Å². The number of nitrogens with one attached hydrogen (secondary N) is 9. The largest absolute Gasteiger partial charge is 0.480 e. The van der Waals surface area contributed by atoms with Crippen molar-refractivity contribution in [2.24, 2.45) is 35.0 Å². The summed E-state index contributed by atoms with van der Waals surface area (Å²) < 4.78 is 0. The van der Waals surface area contributed by atoms with E-state index in [9.17, 15) is 58.2 Å². The smallest absolute Gasteiger partial charge is 0.326 e. The third-order valence-electron chi connectivity index (χ3n) is 12.4. The molecule has 2 aromatic carbocycles. The van der Waals surface area contributed by atoms with Crippen LogP contribution in [0.15, 0.2) is 60.7 Å². The predicted octanol–water partition coefficient (Wildman–Crippen LogP) is -1.88. The van der Waals surface area contributed by atoms with Crippen LogP contribution in [0.25, 0.3) is 0 Å². The molecule has 0 heterocycles. The molecule has 17 N–H and O–H groups in total. The highest BCUT2D eigenvalue weighted by molar-refractivity contribution is 5.98. The summed E-state index contributed by atoms with van der Waals surface area (Å²) in [5, 5.41) is 43.8. The van der Waals surface area contributed by atoms with Crippen molar-refractivity contribution in [1.29, 1.82) is 0 Å². The molecule has 0 aliphatic rings. The number of carbonyl (C=O) groups is 10. The van der Waals surface area contributed by atoms with E-state index in [-0.39, 0.29) is 32.2 Å². The van der Waals surface area contributed by atoms with Gasteiger partial charge in [-0.3, -0.25) is 43.2 Å². The number of aliphatic hydroxyl groups is 1. The highest BCUT2D eigenvalue weighted by Gasteiger charge is 2.37. The minimum absolute atomic E-state index is 0.0905. The summed E-state index contributed by atoms with van der Waals surface area (Å²) in [5.74, 6) is -9.80. The van der Waals surface area contributed by atoms with Crippen LogP contribution < -0.4 is 65.1 Å². The Labute approximate surface area is 451 Å². The Morgan fingerprint density at radius 3 is 1.18 bits per heavy atom. The van der Waals surface area contributed by atoms with E-state index in [1.54, 1.807) is 102 Å². The lowest BCUT2D eigenvalue weighted by Crippen LogP contribution is -2.62. The summed E-state index contributed by atoms with van der Waals surface area (Å²) in [6.07, 6.45) is 0.482. The van der Waals surface area contributed by atoms with E-state index in [1.165, 1.54) is 6.92 Å². The van der Waals surface area contributed by atoms with Gasteiger partial charge in [-0.1, -0.05) is 102 Å². The molecule has 24 nitrogen and oxygen atoms in total. The molecule has 2 rings (SSSR count). The average Bonchev–Trinajstić information content (AvgIpc) is 3.38. The fraction of sp³-hybridized carbons (Fsp3) is 0.585. The lowest BCUT2D eigenvalue weighted by Gasteiger charge is -2.29. The van der Waals surface area contributed by atoms with Crippen molar-refractivity contribution in [3.8, 4) is 0 Å². The second kappa shape index (κ2) is 34.6. The standard InChI is InChI=1S/C53H84N12O12/c1-30(2)42(50(73)64-44(32(5)6)53(76)77)62-48(71)37(23-15-17-25-55)59-41(68)29-57-46(69)38(26-34-18-10-8-11-19-34)60-49(72)39(27-35-20-12-9-13-21-35)61-52(75)45(33(7)66)65-51(74)43(31(3)4)63-47(70)36(22-14-16-24-54)58-40(67)28-56/h8-13,18-21,30-33,36-39,42-45,66H,14-17,22-29,54-56H2,1-7H3,(H,57,69)(H,58,67)(H,59,68)(H,60,72)(H,61,75)(H,62,71)(H,63,70)(H,64,73)(H,65,74)(H,76,77)/t33-,36+,37+,38+,39+,42+,43+,44+,45+/m1/s1.